The Bertz CT molecular complexity index is 1060. The van der Waals surface area contributed by atoms with E-state index >= 15 is 0 Å². The van der Waals surface area contributed by atoms with Crippen molar-refractivity contribution in [1.82, 2.24) is 19.5 Å². The van der Waals surface area contributed by atoms with E-state index in [1.807, 2.05) is 47.0 Å². The van der Waals surface area contributed by atoms with E-state index in [1.54, 1.807) is 31.5 Å². The molecular formula is C20H16N4O2. The van der Waals surface area contributed by atoms with Crippen molar-refractivity contribution in [2.24, 2.45) is 0 Å². The fourth-order valence-corrected chi connectivity index (χ4v) is 2.78. The predicted molar refractivity (Wildman–Crippen MR) is 98.1 cm³/mol. The number of benzene rings is 1. The van der Waals surface area contributed by atoms with Crippen molar-refractivity contribution < 1.29 is 9.53 Å². The average Bonchev–Trinajstić information content (AvgIpc) is 3.08. The summed E-state index contributed by atoms with van der Waals surface area (Å²) in [6.07, 6.45) is 3.46. The summed E-state index contributed by atoms with van der Waals surface area (Å²) in [4.78, 5) is 25.5. The molecule has 4 aromatic rings. The van der Waals surface area contributed by atoms with Crippen LogP contribution in [0.1, 0.15) is 17.3 Å². The van der Waals surface area contributed by atoms with Crippen molar-refractivity contribution in [2.45, 2.75) is 6.92 Å². The first-order valence-electron chi connectivity index (χ1n) is 8.30. The maximum absolute atomic E-state index is 11.9. The fourth-order valence-electron chi connectivity index (χ4n) is 2.78. The minimum absolute atomic E-state index is 0.336. The summed E-state index contributed by atoms with van der Waals surface area (Å²) in [5.41, 5.74) is 3.62. The van der Waals surface area contributed by atoms with E-state index < -0.39 is 0 Å². The van der Waals surface area contributed by atoms with Crippen molar-refractivity contribution in [3.63, 3.8) is 0 Å². The average molecular weight is 344 g/mol. The number of nitrogens with zero attached hydrogens (tertiary/aromatic N) is 4. The van der Waals surface area contributed by atoms with Crippen LogP contribution in [0, 0.1) is 0 Å². The molecule has 0 aliphatic carbocycles. The van der Waals surface area contributed by atoms with E-state index in [1.165, 1.54) is 0 Å². The predicted octanol–water partition coefficient (Wildman–Crippen LogP) is 3.66. The Morgan fingerprint density at radius 2 is 1.81 bits per heavy atom. The standard InChI is InChI=1S/C20H16N4O2/c1-2-26-20(25)14-8-10-15(11-9-14)24-18-17(7-5-13-22-18)23-19(24)16-6-3-4-12-21-16/h3-13H,2H2,1H3. The summed E-state index contributed by atoms with van der Waals surface area (Å²) in [5.74, 6) is 0.362. The Morgan fingerprint density at radius 3 is 2.54 bits per heavy atom. The van der Waals surface area contributed by atoms with E-state index in [0.717, 1.165) is 22.5 Å². The zero-order valence-corrected chi connectivity index (χ0v) is 14.2. The van der Waals surface area contributed by atoms with Crippen molar-refractivity contribution in [3.05, 3.63) is 72.6 Å². The highest BCUT2D eigenvalue weighted by atomic mass is 16.5. The van der Waals surface area contributed by atoms with Crippen LogP contribution in [0.3, 0.4) is 0 Å². The van der Waals surface area contributed by atoms with Gasteiger partial charge in [-0.2, -0.15) is 0 Å². The zero-order valence-electron chi connectivity index (χ0n) is 14.2. The number of fused-ring (bicyclic) bond motifs is 1. The molecule has 1 aromatic carbocycles. The molecule has 4 rings (SSSR count). The number of esters is 1. The van der Waals surface area contributed by atoms with Crippen molar-refractivity contribution in [1.29, 1.82) is 0 Å². The molecule has 0 aliphatic heterocycles. The molecule has 0 saturated heterocycles. The summed E-state index contributed by atoms with van der Waals surface area (Å²) in [7, 11) is 0. The van der Waals surface area contributed by atoms with E-state index in [4.69, 9.17) is 9.72 Å². The molecule has 0 radical (unpaired) electrons. The smallest absolute Gasteiger partial charge is 0.338 e. The lowest BCUT2D eigenvalue weighted by molar-refractivity contribution is 0.0526. The van der Waals surface area contributed by atoms with Crippen LogP contribution in [0.25, 0.3) is 28.4 Å². The van der Waals surface area contributed by atoms with E-state index in [-0.39, 0.29) is 5.97 Å². The van der Waals surface area contributed by atoms with Crippen LogP contribution in [0.4, 0.5) is 0 Å². The third-order valence-electron chi connectivity index (χ3n) is 3.95. The van der Waals surface area contributed by atoms with E-state index in [9.17, 15) is 4.79 Å². The van der Waals surface area contributed by atoms with Gasteiger partial charge in [0.15, 0.2) is 11.5 Å². The molecule has 6 heteroatoms. The topological polar surface area (TPSA) is 69.9 Å². The maximum atomic E-state index is 11.9. The van der Waals surface area contributed by atoms with Crippen LogP contribution in [-0.4, -0.2) is 32.1 Å². The second-order valence-corrected chi connectivity index (χ2v) is 5.60. The first-order valence-corrected chi connectivity index (χ1v) is 8.30. The van der Waals surface area contributed by atoms with Crippen LogP contribution in [-0.2, 0) is 4.74 Å². The van der Waals surface area contributed by atoms with Gasteiger partial charge in [0.1, 0.15) is 11.2 Å². The molecule has 128 valence electrons. The lowest BCUT2D eigenvalue weighted by Gasteiger charge is -2.09. The largest absolute Gasteiger partial charge is 0.462 e. The molecular weight excluding hydrogens is 328 g/mol. The summed E-state index contributed by atoms with van der Waals surface area (Å²) in [5, 5.41) is 0. The first-order chi connectivity index (χ1) is 12.8. The minimum atomic E-state index is -0.336. The highest BCUT2D eigenvalue weighted by Crippen LogP contribution is 2.26. The van der Waals surface area contributed by atoms with Crippen molar-refractivity contribution in [2.75, 3.05) is 6.61 Å². The van der Waals surface area contributed by atoms with Crippen LogP contribution < -0.4 is 0 Å². The molecule has 3 heterocycles. The second kappa shape index (κ2) is 6.76. The van der Waals surface area contributed by atoms with Crippen molar-refractivity contribution in [3.8, 4) is 17.2 Å². The summed E-state index contributed by atoms with van der Waals surface area (Å²) < 4.78 is 6.98. The molecule has 0 atom stereocenters. The molecule has 6 nitrogen and oxygen atoms in total. The Labute approximate surface area is 150 Å². The van der Waals surface area contributed by atoms with Gasteiger partial charge < -0.3 is 4.74 Å². The molecule has 0 N–H and O–H groups in total. The third kappa shape index (κ3) is 2.82. The number of hydrogen-bond donors (Lipinski definition) is 0. The minimum Gasteiger partial charge on any atom is -0.462 e. The number of rotatable bonds is 4. The summed E-state index contributed by atoms with van der Waals surface area (Å²) in [6, 6.07) is 16.7. The quantitative estimate of drug-likeness (QED) is 0.528. The monoisotopic (exact) mass is 344 g/mol. The number of imidazole rings is 1. The number of carbonyl (C=O) groups excluding carboxylic acids is 1. The van der Waals surface area contributed by atoms with Gasteiger partial charge in [0.2, 0.25) is 0 Å². The van der Waals surface area contributed by atoms with Gasteiger partial charge in [-0.3, -0.25) is 9.55 Å². The Balaban J connectivity index is 1.86. The first kappa shape index (κ1) is 16.0. The Kier molecular flexibility index (Phi) is 4.15. The molecule has 0 amide bonds. The van der Waals surface area contributed by atoms with Gasteiger partial charge in [0, 0.05) is 18.1 Å². The molecule has 0 spiro atoms. The van der Waals surface area contributed by atoms with Gasteiger partial charge in [-0.15, -0.1) is 0 Å². The van der Waals surface area contributed by atoms with Gasteiger partial charge in [-0.1, -0.05) is 6.07 Å². The second-order valence-electron chi connectivity index (χ2n) is 5.60. The highest BCUT2D eigenvalue weighted by molar-refractivity contribution is 5.89. The van der Waals surface area contributed by atoms with Gasteiger partial charge >= 0.3 is 5.97 Å². The SMILES string of the molecule is CCOC(=O)c1ccc(-n2c(-c3ccccn3)nc3cccnc32)cc1. The molecule has 0 bridgehead atoms. The normalized spacial score (nSPS) is 10.8. The number of pyridine rings is 2. The summed E-state index contributed by atoms with van der Waals surface area (Å²) >= 11 is 0. The van der Waals surface area contributed by atoms with Crippen LogP contribution >= 0.6 is 0 Å². The third-order valence-corrected chi connectivity index (χ3v) is 3.95. The Hall–Kier alpha value is -3.54. The van der Waals surface area contributed by atoms with Crippen LogP contribution in [0.2, 0.25) is 0 Å². The number of carbonyl (C=O) groups is 1. The maximum Gasteiger partial charge on any atom is 0.338 e. The number of aromatic nitrogens is 4. The molecule has 0 saturated carbocycles. The van der Waals surface area contributed by atoms with Gasteiger partial charge in [0.05, 0.1) is 12.2 Å². The van der Waals surface area contributed by atoms with Gasteiger partial charge in [0.25, 0.3) is 0 Å². The molecule has 26 heavy (non-hydrogen) atoms. The van der Waals surface area contributed by atoms with Gasteiger partial charge in [-0.05, 0) is 55.5 Å². The molecule has 3 aromatic heterocycles. The van der Waals surface area contributed by atoms with Crippen LogP contribution in [0.5, 0.6) is 0 Å². The highest BCUT2D eigenvalue weighted by Gasteiger charge is 2.16. The van der Waals surface area contributed by atoms with E-state index in [0.29, 0.717) is 18.0 Å². The lowest BCUT2D eigenvalue weighted by atomic mass is 10.2. The fraction of sp³-hybridized carbons (Fsp3) is 0.100. The van der Waals surface area contributed by atoms with Crippen LogP contribution in [0.15, 0.2) is 67.0 Å². The zero-order chi connectivity index (χ0) is 17.9. The number of hydrogen-bond acceptors (Lipinski definition) is 5. The molecule has 0 fully saturated rings. The Morgan fingerprint density at radius 1 is 1.00 bits per heavy atom. The molecule has 0 unspecified atom stereocenters. The summed E-state index contributed by atoms with van der Waals surface area (Å²) in [6.45, 7) is 2.13. The lowest BCUT2D eigenvalue weighted by Crippen LogP contribution is -2.05. The van der Waals surface area contributed by atoms with E-state index in [2.05, 4.69) is 9.97 Å². The number of ether oxygens (including phenoxy) is 1. The van der Waals surface area contributed by atoms with Gasteiger partial charge in [-0.25, -0.2) is 14.8 Å². The molecule has 0 aliphatic rings. The van der Waals surface area contributed by atoms with Crippen molar-refractivity contribution >= 4 is 17.1 Å².